The van der Waals surface area contributed by atoms with Crippen LogP contribution in [0.2, 0.25) is 0 Å². The van der Waals surface area contributed by atoms with Gasteiger partial charge in [0, 0.05) is 44.9 Å². The Kier molecular flexibility index (Phi) is 18.5. The summed E-state index contributed by atoms with van der Waals surface area (Å²) in [5.74, 6) is 0. The molecule has 566 valence electrons. The molecule has 0 N–H and O–H groups in total. The van der Waals surface area contributed by atoms with Gasteiger partial charge in [0.15, 0.2) is 16.1 Å². The molecule has 2 aliphatic rings. The first-order chi connectivity index (χ1) is 54.3. The van der Waals surface area contributed by atoms with Crippen molar-refractivity contribution < 1.29 is 0 Å². The van der Waals surface area contributed by atoms with Gasteiger partial charge in [-0.1, -0.05) is 379 Å². The van der Waals surface area contributed by atoms with Gasteiger partial charge in [-0.05, 0) is 208 Å². The van der Waals surface area contributed by atoms with Crippen molar-refractivity contribution >= 4 is 137 Å². The lowest BCUT2D eigenvalue weighted by atomic mass is 9.33. The van der Waals surface area contributed by atoms with Crippen LogP contribution in [0.3, 0.4) is 0 Å². The lowest BCUT2D eigenvalue weighted by molar-refractivity contribution is 0.568. The molecule has 3 heterocycles. The van der Waals surface area contributed by atoms with E-state index < -0.39 is 16.1 Å². The second-order valence-electron chi connectivity index (χ2n) is 38.7. The highest BCUT2D eigenvalue weighted by Crippen LogP contribution is 2.50. The molecule has 1 aromatic heterocycles. The monoisotopic (exact) mass is 1510 g/mol. The summed E-state index contributed by atoms with van der Waals surface area (Å²) in [7, 11) is -6.16. The molecule has 0 saturated heterocycles. The first-order valence-corrected chi connectivity index (χ1v) is 45.2. The van der Waals surface area contributed by atoms with Crippen molar-refractivity contribution in [1.82, 2.24) is 4.57 Å². The minimum Gasteiger partial charge on any atom is -0.311 e. The summed E-state index contributed by atoms with van der Waals surface area (Å²) < 4.78 is 2.62. The maximum absolute atomic E-state index is 3.16. The van der Waals surface area contributed by atoms with E-state index in [2.05, 4.69) is 467 Å². The molecular formula is C108H108BN3Si2. The summed E-state index contributed by atoms with van der Waals surface area (Å²) in [6, 6.07) is 129. The van der Waals surface area contributed by atoms with Crippen molar-refractivity contribution in [2.24, 2.45) is 0 Å². The molecular weight excluding hydrogens is 1410 g/mol. The zero-order chi connectivity index (χ0) is 79.8. The molecule has 15 aromatic rings. The van der Waals surface area contributed by atoms with E-state index in [0.29, 0.717) is 0 Å². The van der Waals surface area contributed by atoms with E-state index in [1.54, 1.807) is 0 Å². The zero-order valence-corrected chi connectivity index (χ0v) is 72.1. The largest absolute Gasteiger partial charge is 0.311 e. The van der Waals surface area contributed by atoms with E-state index in [4.69, 9.17) is 0 Å². The van der Waals surface area contributed by atoms with Crippen LogP contribution in [0.4, 0.5) is 34.1 Å². The Morgan fingerprint density at radius 3 is 0.939 bits per heavy atom. The van der Waals surface area contributed by atoms with Gasteiger partial charge in [0.25, 0.3) is 6.71 Å². The average Bonchev–Trinajstić information content (AvgIpc) is 0.783. The van der Waals surface area contributed by atoms with Crippen LogP contribution in [-0.4, -0.2) is 27.4 Å². The molecule has 0 spiro atoms. The first kappa shape index (κ1) is 75.7. The fourth-order valence-corrected chi connectivity index (χ4v) is 28.1. The van der Waals surface area contributed by atoms with Crippen molar-refractivity contribution in [3.63, 3.8) is 0 Å². The molecule has 0 unspecified atom stereocenters. The summed E-state index contributed by atoms with van der Waals surface area (Å²) in [5, 5.41) is 13.3. The maximum Gasteiger partial charge on any atom is 0.252 e. The molecule has 0 radical (unpaired) electrons. The number of hydrogen-bond acceptors (Lipinski definition) is 2. The Hall–Kier alpha value is -11.0. The Labute approximate surface area is 681 Å². The van der Waals surface area contributed by atoms with Crippen LogP contribution in [0, 0.1) is 0 Å². The second kappa shape index (κ2) is 27.9. The topological polar surface area (TPSA) is 11.4 Å². The van der Waals surface area contributed by atoms with Gasteiger partial charge in [-0.2, -0.15) is 0 Å². The molecule has 17 rings (SSSR count). The van der Waals surface area contributed by atoms with Gasteiger partial charge in [0.05, 0.1) is 16.7 Å². The van der Waals surface area contributed by atoms with Crippen LogP contribution < -0.4 is 67.7 Å². The highest BCUT2D eigenvalue weighted by molar-refractivity contribution is 7.20. The van der Waals surface area contributed by atoms with Gasteiger partial charge < -0.3 is 14.4 Å². The van der Waals surface area contributed by atoms with Gasteiger partial charge in [0.2, 0.25) is 0 Å². The minimum atomic E-state index is -3.16. The molecule has 114 heavy (non-hydrogen) atoms. The Morgan fingerprint density at radius 1 is 0.219 bits per heavy atom. The Morgan fingerprint density at radius 2 is 0.561 bits per heavy atom. The van der Waals surface area contributed by atoms with E-state index >= 15 is 0 Å². The molecule has 6 heteroatoms. The summed E-state index contributed by atoms with van der Waals surface area (Å²) in [6.45, 7) is 42.4. The third-order valence-corrected chi connectivity index (χ3v) is 34.5. The molecule has 0 saturated carbocycles. The highest BCUT2D eigenvalue weighted by Gasteiger charge is 2.49. The van der Waals surface area contributed by atoms with Crippen molar-refractivity contribution in [1.29, 1.82) is 0 Å². The third-order valence-electron chi connectivity index (χ3n) is 24.9. The van der Waals surface area contributed by atoms with Gasteiger partial charge in [0.1, 0.15) is 0 Å². The molecule has 0 aliphatic carbocycles. The van der Waals surface area contributed by atoms with E-state index in [0.717, 1.165) is 34.1 Å². The van der Waals surface area contributed by atoms with E-state index in [9.17, 15) is 0 Å². The molecule has 0 fully saturated rings. The number of hydrogen-bond donors (Lipinski definition) is 0. The second-order valence-corrected chi connectivity index (χ2v) is 46.3. The number of anilines is 6. The maximum atomic E-state index is 2.72. The predicted octanol–water partition coefficient (Wildman–Crippen LogP) is 21.1. The molecule has 0 amide bonds. The van der Waals surface area contributed by atoms with Crippen LogP contribution in [0.5, 0.6) is 0 Å². The highest BCUT2D eigenvalue weighted by atomic mass is 28.3. The van der Waals surface area contributed by atoms with Crippen LogP contribution in [-0.2, 0) is 32.5 Å². The standard InChI is InChI=1S/C108H108BN3Si2/c1-103(2,3)75-50-58-96-92(68-75)93-69-76(104(4,5)6)51-59-97(93)111(96)83-70-100-102-101(71-83)112(82-66-79(107(13,14)15)65-80(67-82)108(16,17)18)98-60-56-91(114(87-43-31-22-32-44-87,88-45-33-23-34-46-88)89-47-35-24-36-48-89)72-95(98)109(102)94-57-49-73(74-61-77(105(7,8)9)64-78(62-74)106(10,11)12)63-99(94)110(100)81-52-54-90(55-53-81)113(84-37-25-19-26-38-84,85-39-27-20-28-40-85)86-41-29-21-30-42-86/h19-72H,1-18H3. The van der Waals surface area contributed by atoms with Gasteiger partial charge in [-0.25, -0.2) is 0 Å². The Bertz CT molecular complexity index is 5810. The third kappa shape index (κ3) is 13.0. The van der Waals surface area contributed by atoms with Gasteiger partial charge >= 0.3 is 0 Å². The molecule has 3 nitrogen and oxygen atoms in total. The SMILES string of the molecule is CC(C)(C)c1cc(-c2ccc3c(c2)N(c2ccc([Si](c4ccccc4)(c4ccccc4)c4ccccc4)cc2)c2cc(-n4c5ccc(C(C)(C)C)cc5c5cc(C(C)(C)C)ccc54)cc4c2B3c2cc([Si](c3ccccc3)(c3ccccc3)c3ccccc3)ccc2N4c2cc(C(C)(C)C)cc(C(C)(C)C)c2)cc(C(C)(C)C)c1. The summed E-state index contributed by atoms with van der Waals surface area (Å²) in [5.41, 5.74) is 23.7. The number of benzene rings is 14. The van der Waals surface area contributed by atoms with Crippen molar-refractivity contribution in [3.05, 3.63) is 361 Å². The Balaban J connectivity index is 1.05. The number of nitrogens with zero attached hydrogens (tertiary/aromatic N) is 3. The summed E-state index contributed by atoms with van der Waals surface area (Å²) >= 11 is 0. The smallest absolute Gasteiger partial charge is 0.252 e. The van der Waals surface area contributed by atoms with E-state index in [1.807, 2.05) is 0 Å². The first-order valence-electron chi connectivity index (χ1n) is 41.2. The van der Waals surface area contributed by atoms with E-state index in [1.165, 1.54) is 130 Å². The molecule has 0 atom stereocenters. The van der Waals surface area contributed by atoms with E-state index in [-0.39, 0.29) is 39.2 Å². The van der Waals surface area contributed by atoms with Crippen LogP contribution in [0.15, 0.2) is 328 Å². The molecule has 2 aliphatic heterocycles. The molecule has 0 bridgehead atoms. The van der Waals surface area contributed by atoms with Crippen molar-refractivity contribution in [2.45, 2.75) is 157 Å². The van der Waals surface area contributed by atoms with Crippen LogP contribution >= 0.6 is 0 Å². The van der Waals surface area contributed by atoms with Crippen molar-refractivity contribution in [3.8, 4) is 16.8 Å². The quantitative estimate of drug-likeness (QED) is 0.0892. The average molecular weight is 1520 g/mol. The van der Waals surface area contributed by atoms with Crippen LogP contribution in [0.25, 0.3) is 38.6 Å². The minimum absolute atomic E-state index is 0.0853. The van der Waals surface area contributed by atoms with Gasteiger partial charge in [-0.15, -0.1) is 0 Å². The fourth-order valence-electron chi connectivity index (χ4n) is 18.6. The van der Waals surface area contributed by atoms with Gasteiger partial charge in [-0.3, -0.25) is 0 Å². The van der Waals surface area contributed by atoms with Crippen LogP contribution in [0.1, 0.15) is 158 Å². The summed E-state index contributed by atoms with van der Waals surface area (Å²) in [4.78, 5) is 5.42. The number of rotatable bonds is 12. The zero-order valence-electron chi connectivity index (χ0n) is 70.1. The normalized spacial score (nSPS) is 13.5. The fraction of sp³-hybridized carbons (Fsp3) is 0.222. The lowest BCUT2D eigenvalue weighted by Crippen LogP contribution is -2.75. The predicted molar refractivity (Wildman–Crippen MR) is 500 cm³/mol. The number of aromatic nitrogens is 1. The lowest BCUT2D eigenvalue weighted by Gasteiger charge is -2.45. The number of fused-ring (bicyclic) bond motifs is 7. The molecule has 14 aromatic carbocycles. The van der Waals surface area contributed by atoms with Crippen molar-refractivity contribution in [2.75, 3.05) is 9.80 Å². The summed E-state index contributed by atoms with van der Waals surface area (Å²) in [6.07, 6.45) is 0.